The predicted molar refractivity (Wildman–Crippen MR) is 86.4 cm³/mol. The average Bonchev–Trinajstić information content (AvgIpc) is 3.19. The number of nitrogens with zero attached hydrogens (tertiary/aromatic N) is 1. The van der Waals surface area contributed by atoms with E-state index in [0.29, 0.717) is 16.6 Å². The van der Waals surface area contributed by atoms with Crippen LogP contribution in [-0.2, 0) is 13.0 Å². The summed E-state index contributed by atoms with van der Waals surface area (Å²) in [6.45, 7) is 2.98. The summed E-state index contributed by atoms with van der Waals surface area (Å²) in [6.07, 6.45) is 4.51. The second kappa shape index (κ2) is 6.42. The molecule has 1 N–H and O–H groups in total. The number of benzene rings is 1. The van der Waals surface area contributed by atoms with E-state index in [1.165, 1.54) is 23.8 Å². The minimum absolute atomic E-state index is 0.305. The predicted octanol–water partition coefficient (Wildman–Crippen LogP) is 4.81. The van der Waals surface area contributed by atoms with Crippen molar-refractivity contribution in [3.8, 4) is 10.6 Å². The van der Waals surface area contributed by atoms with Crippen LogP contribution >= 0.6 is 22.9 Å². The quantitative estimate of drug-likeness (QED) is 0.825. The van der Waals surface area contributed by atoms with Crippen molar-refractivity contribution in [3.63, 3.8) is 0 Å². The van der Waals surface area contributed by atoms with Gasteiger partial charge in [-0.2, -0.15) is 0 Å². The summed E-state index contributed by atoms with van der Waals surface area (Å²) in [4.78, 5) is 5.88. The number of halogens is 2. The number of rotatable bonds is 6. The molecule has 0 unspecified atom stereocenters. The van der Waals surface area contributed by atoms with Crippen LogP contribution in [0.25, 0.3) is 10.6 Å². The maximum Gasteiger partial charge on any atom is 0.134 e. The topological polar surface area (TPSA) is 24.9 Å². The highest BCUT2D eigenvalue weighted by Crippen LogP contribution is 2.32. The summed E-state index contributed by atoms with van der Waals surface area (Å²) >= 11 is 7.40. The lowest BCUT2D eigenvalue weighted by Crippen LogP contribution is -2.15. The van der Waals surface area contributed by atoms with E-state index in [-0.39, 0.29) is 5.82 Å². The molecule has 5 heteroatoms. The monoisotopic (exact) mass is 324 g/mol. The van der Waals surface area contributed by atoms with Crippen LogP contribution in [-0.4, -0.2) is 11.0 Å². The highest BCUT2D eigenvalue weighted by molar-refractivity contribution is 7.15. The summed E-state index contributed by atoms with van der Waals surface area (Å²) in [5, 5.41) is 4.68. The van der Waals surface area contributed by atoms with Gasteiger partial charge in [0.05, 0.1) is 5.69 Å². The first-order valence-electron chi connectivity index (χ1n) is 7.34. The first-order chi connectivity index (χ1) is 10.2. The van der Waals surface area contributed by atoms with Gasteiger partial charge in [-0.15, -0.1) is 11.3 Å². The molecular weight excluding hydrogens is 307 g/mol. The molecule has 3 rings (SSSR count). The van der Waals surface area contributed by atoms with Gasteiger partial charge in [0.2, 0.25) is 0 Å². The molecule has 0 spiro atoms. The molecule has 2 nitrogen and oxygen atoms in total. The lowest BCUT2D eigenvalue weighted by molar-refractivity contribution is 0.631. The van der Waals surface area contributed by atoms with Gasteiger partial charge in [-0.1, -0.05) is 24.9 Å². The summed E-state index contributed by atoms with van der Waals surface area (Å²) in [5.41, 5.74) is 1.64. The van der Waals surface area contributed by atoms with Crippen molar-refractivity contribution in [1.82, 2.24) is 10.3 Å². The van der Waals surface area contributed by atoms with Gasteiger partial charge in [0.25, 0.3) is 0 Å². The van der Waals surface area contributed by atoms with Crippen molar-refractivity contribution in [3.05, 3.63) is 39.6 Å². The average molecular weight is 325 g/mol. The molecule has 0 amide bonds. The van der Waals surface area contributed by atoms with Crippen LogP contribution in [0.15, 0.2) is 18.2 Å². The van der Waals surface area contributed by atoms with Crippen LogP contribution in [0.3, 0.4) is 0 Å². The molecule has 0 atom stereocenters. The fourth-order valence-corrected chi connectivity index (χ4v) is 3.50. The molecule has 1 aliphatic rings. The van der Waals surface area contributed by atoms with E-state index in [2.05, 4.69) is 17.2 Å². The molecule has 1 aliphatic carbocycles. The van der Waals surface area contributed by atoms with Crippen molar-refractivity contribution in [1.29, 1.82) is 0 Å². The van der Waals surface area contributed by atoms with Crippen molar-refractivity contribution < 1.29 is 4.39 Å². The molecule has 1 aromatic heterocycles. The third kappa shape index (κ3) is 3.62. The number of thiazole rings is 1. The fourth-order valence-electron chi connectivity index (χ4n) is 2.26. The zero-order chi connectivity index (χ0) is 14.8. The van der Waals surface area contributed by atoms with E-state index in [1.54, 1.807) is 23.5 Å². The van der Waals surface area contributed by atoms with E-state index >= 15 is 0 Å². The van der Waals surface area contributed by atoms with Crippen LogP contribution < -0.4 is 5.32 Å². The summed E-state index contributed by atoms with van der Waals surface area (Å²) in [7, 11) is 0. The Kier molecular flexibility index (Phi) is 4.57. The van der Waals surface area contributed by atoms with Crippen molar-refractivity contribution in [2.45, 2.75) is 45.2 Å². The third-order valence-electron chi connectivity index (χ3n) is 3.56. The zero-order valence-corrected chi connectivity index (χ0v) is 13.5. The molecule has 1 aromatic carbocycles. The first-order valence-corrected chi connectivity index (χ1v) is 8.54. The van der Waals surface area contributed by atoms with Gasteiger partial charge in [-0.3, -0.25) is 0 Å². The van der Waals surface area contributed by atoms with Gasteiger partial charge in [-0.05, 0) is 37.5 Å². The fraction of sp³-hybridized carbons (Fsp3) is 0.438. The van der Waals surface area contributed by atoms with Gasteiger partial charge >= 0.3 is 0 Å². The molecule has 0 aliphatic heterocycles. The Morgan fingerprint density at radius 1 is 1.43 bits per heavy atom. The Morgan fingerprint density at radius 2 is 2.24 bits per heavy atom. The van der Waals surface area contributed by atoms with E-state index < -0.39 is 0 Å². The molecule has 1 fully saturated rings. The van der Waals surface area contributed by atoms with Gasteiger partial charge in [-0.25, -0.2) is 9.37 Å². The Balaban J connectivity index is 1.88. The van der Waals surface area contributed by atoms with E-state index in [9.17, 15) is 4.39 Å². The third-order valence-corrected chi connectivity index (χ3v) is 4.92. The number of nitrogens with one attached hydrogen (secondary N) is 1. The maximum atomic E-state index is 14.1. The summed E-state index contributed by atoms with van der Waals surface area (Å²) < 4.78 is 14.1. The first kappa shape index (κ1) is 14.9. The van der Waals surface area contributed by atoms with Crippen LogP contribution in [0.1, 0.15) is 36.8 Å². The Hall–Kier alpha value is -0.970. The normalized spacial score (nSPS) is 14.6. The van der Waals surface area contributed by atoms with Crippen molar-refractivity contribution in [2.75, 3.05) is 0 Å². The lowest BCUT2D eigenvalue weighted by atomic mass is 10.2. The highest BCUT2D eigenvalue weighted by atomic mass is 35.5. The second-order valence-corrected chi connectivity index (χ2v) is 6.94. The van der Waals surface area contributed by atoms with Gasteiger partial charge in [0.15, 0.2) is 0 Å². The number of aryl methyl sites for hydroxylation is 1. The van der Waals surface area contributed by atoms with E-state index in [4.69, 9.17) is 11.6 Å². The smallest absolute Gasteiger partial charge is 0.134 e. The molecular formula is C16H18ClFN2S. The standard InChI is InChI=1S/C16H18ClFN2S/c1-2-3-14-15(9-19-11-5-6-11)21-16(20-14)12-7-4-10(17)8-13(12)18/h4,7-8,11,19H,2-3,5-6,9H2,1H3. The maximum absolute atomic E-state index is 14.1. The van der Waals surface area contributed by atoms with Crippen LogP contribution in [0, 0.1) is 5.82 Å². The SMILES string of the molecule is CCCc1nc(-c2ccc(Cl)cc2F)sc1CNC1CC1. The van der Waals surface area contributed by atoms with Crippen molar-refractivity contribution in [2.24, 2.45) is 0 Å². The molecule has 0 radical (unpaired) electrons. The minimum Gasteiger partial charge on any atom is -0.309 e. The second-order valence-electron chi connectivity index (χ2n) is 5.42. The molecule has 0 saturated heterocycles. The minimum atomic E-state index is -0.305. The molecule has 21 heavy (non-hydrogen) atoms. The largest absolute Gasteiger partial charge is 0.309 e. The zero-order valence-electron chi connectivity index (χ0n) is 12.0. The molecule has 1 saturated carbocycles. The summed E-state index contributed by atoms with van der Waals surface area (Å²) in [5.74, 6) is -0.305. The van der Waals surface area contributed by atoms with E-state index in [0.717, 1.165) is 30.1 Å². The van der Waals surface area contributed by atoms with Crippen molar-refractivity contribution >= 4 is 22.9 Å². The van der Waals surface area contributed by atoms with Crippen LogP contribution in [0.5, 0.6) is 0 Å². The van der Waals surface area contributed by atoms with Crippen LogP contribution in [0.4, 0.5) is 4.39 Å². The number of hydrogen-bond acceptors (Lipinski definition) is 3. The van der Waals surface area contributed by atoms with Crippen LogP contribution in [0.2, 0.25) is 5.02 Å². The van der Waals surface area contributed by atoms with Gasteiger partial charge in [0.1, 0.15) is 10.8 Å². The molecule has 112 valence electrons. The van der Waals surface area contributed by atoms with Gasteiger partial charge < -0.3 is 5.32 Å². The lowest BCUT2D eigenvalue weighted by Gasteiger charge is -2.01. The molecule has 2 aromatic rings. The number of hydrogen-bond donors (Lipinski definition) is 1. The van der Waals surface area contributed by atoms with E-state index in [1.807, 2.05) is 0 Å². The molecule has 0 bridgehead atoms. The highest BCUT2D eigenvalue weighted by Gasteiger charge is 2.22. The molecule has 1 heterocycles. The Labute approximate surface area is 133 Å². The Morgan fingerprint density at radius 3 is 2.90 bits per heavy atom. The number of aromatic nitrogens is 1. The summed E-state index contributed by atoms with van der Waals surface area (Å²) in [6, 6.07) is 5.44. The Bertz CT molecular complexity index is 637. The van der Waals surface area contributed by atoms with Gasteiger partial charge in [0, 0.05) is 28.0 Å².